The number of likely N-dealkylation sites (tertiary alicyclic amines) is 1. The lowest BCUT2D eigenvalue weighted by Crippen LogP contribution is -2.39. The Morgan fingerprint density at radius 1 is 1.19 bits per heavy atom. The second-order valence-electron chi connectivity index (χ2n) is 5.96. The van der Waals surface area contributed by atoms with E-state index in [2.05, 4.69) is 49.9 Å². The SMILES string of the molecule is Cc1ccc(CN2CCCC(C)(C)C2)cc1. The van der Waals surface area contributed by atoms with Gasteiger partial charge >= 0.3 is 0 Å². The Bertz CT molecular complexity index is 337. The third-order valence-electron chi connectivity index (χ3n) is 3.51. The Labute approximate surface area is 99.5 Å². The summed E-state index contributed by atoms with van der Waals surface area (Å²) < 4.78 is 0. The van der Waals surface area contributed by atoms with Crippen molar-refractivity contribution in [2.24, 2.45) is 5.41 Å². The van der Waals surface area contributed by atoms with E-state index in [1.165, 1.54) is 37.1 Å². The van der Waals surface area contributed by atoms with Crippen molar-refractivity contribution in [2.75, 3.05) is 13.1 Å². The van der Waals surface area contributed by atoms with E-state index in [1.807, 2.05) is 0 Å². The average molecular weight is 217 g/mol. The molecule has 1 aromatic carbocycles. The van der Waals surface area contributed by atoms with Crippen molar-refractivity contribution in [3.63, 3.8) is 0 Å². The number of hydrogen-bond donors (Lipinski definition) is 0. The van der Waals surface area contributed by atoms with Gasteiger partial charge in [0.25, 0.3) is 0 Å². The van der Waals surface area contributed by atoms with Crippen molar-refractivity contribution in [3.8, 4) is 0 Å². The van der Waals surface area contributed by atoms with Crippen molar-refractivity contribution in [3.05, 3.63) is 35.4 Å². The number of piperidine rings is 1. The molecule has 0 radical (unpaired) electrons. The monoisotopic (exact) mass is 217 g/mol. The first-order valence-electron chi connectivity index (χ1n) is 6.33. The lowest BCUT2D eigenvalue weighted by Gasteiger charge is -2.38. The van der Waals surface area contributed by atoms with Crippen LogP contribution < -0.4 is 0 Å². The first kappa shape index (κ1) is 11.7. The molecule has 1 aromatic rings. The summed E-state index contributed by atoms with van der Waals surface area (Å²) in [6.07, 6.45) is 2.72. The molecule has 2 rings (SSSR count). The van der Waals surface area contributed by atoms with Gasteiger partial charge in [0.05, 0.1) is 0 Å². The van der Waals surface area contributed by atoms with E-state index in [-0.39, 0.29) is 0 Å². The third-order valence-corrected chi connectivity index (χ3v) is 3.51. The topological polar surface area (TPSA) is 3.24 Å². The van der Waals surface area contributed by atoms with Gasteiger partial charge in [-0.1, -0.05) is 43.7 Å². The number of aryl methyl sites for hydroxylation is 1. The van der Waals surface area contributed by atoms with Crippen LogP contribution in [0.4, 0.5) is 0 Å². The van der Waals surface area contributed by atoms with Gasteiger partial charge in [0, 0.05) is 13.1 Å². The molecule has 0 N–H and O–H groups in total. The highest BCUT2D eigenvalue weighted by Crippen LogP contribution is 2.29. The standard InChI is InChI=1S/C15H23N/c1-13-5-7-14(8-6-13)11-16-10-4-9-15(2,3)12-16/h5-8H,4,9-12H2,1-3H3. The third kappa shape index (κ3) is 3.08. The van der Waals surface area contributed by atoms with Gasteiger partial charge in [-0.05, 0) is 37.3 Å². The maximum Gasteiger partial charge on any atom is 0.0233 e. The van der Waals surface area contributed by atoms with E-state index in [0.29, 0.717) is 5.41 Å². The van der Waals surface area contributed by atoms with Gasteiger partial charge in [-0.3, -0.25) is 4.90 Å². The van der Waals surface area contributed by atoms with Gasteiger partial charge in [0.2, 0.25) is 0 Å². The van der Waals surface area contributed by atoms with Gasteiger partial charge in [-0.2, -0.15) is 0 Å². The molecule has 1 aliphatic heterocycles. The molecule has 1 saturated heterocycles. The molecule has 0 saturated carbocycles. The fourth-order valence-electron chi connectivity index (χ4n) is 2.63. The highest BCUT2D eigenvalue weighted by molar-refractivity contribution is 5.21. The van der Waals surface area contributed by atoms with Gasteiger partial charge in [-0.25, -0.2) is 0 Å². The van der Waals surface area contributed by atoms with Crippen molar-refractivity contribution in [1.82, 2.24) is 4.90 Å². The van der Waals surface area contributed by atoms with E-state index < -0.39 is 0 Å². The fraction of sp³-hybridized carbons (Fsp3) is 0.600. The Morgan fingerprint density at radius 3 is 2.50 bits per heavy atom. The number of rotatable bonds is 2. The minimum atomic E-state index is 0.503. The summed E-state index contributed by atoms with van der Waals surface area (Å²) in [4.78, 5) is 2.59. The molecule has 1 aliphatic rings. The van der Waals surface area contributed by atoms with Crippen LogP contribution in [0.2, 0.25) is 0 Å². The summed E-state index contributed by atoms with van der Waals surface area (Å²) in [6, 6.07) is 8.95. The molecular formula is C15H23N. The molecule has 1 nitrogen and oxygen atoms in total. The fourth-order valence-corrected chi connectivity index (χ4v) is 2.63. The Kier molecular flexibility index (Phi) is 3.34. The van der Waals surface area contributed by atoms with E-state index in [9.17, 15) is 0 Å². The Morgan fingerprint density at radius 2 is 1.88 bits per heavy atom. The largest absolute Gasteiger partial charge is 0.299 e. The molecule has 88 valence electrons. The first-order valence-corrected chi connectivity index (χ1v) is 6.33. The van der Waals surface area contributed by atoms with Crippen LogP contribution >= 0.6 is 0 Å². The zero-order valence-corrected chi connectivity index (χ0v) is 10.8. The summed E-state index contributed by atoms with van der Waals surface area (Å²) in [7, 11) is 0. The summed E-state index contributed by atoms with van der Waals surface area (Å²) in [6.45, 7) is 10.5. The zero-order chi connectivity index (χ0) is 11.6. The highest BCUT2D eigenvalue weighted by atomic mass is 15.1. The zero-order valence-electron chi connectivity index (χ0n) is 10.8. The van der Waals surface area contributed by atoms with Crippen LogP contribution in [0, 0.1) is 12.3 Å². The molecule has 0 bridgehead atoms. The van der Waals surface area contributed by atoms with Gasteiger partial charge < -0.3 is 0 Å². The summed E-state index contributed by atoms with van der Waals surface area (Å²) in [5, 5.41) is 0. The summed E-state index contributed by atoms with van der Waals surface area (Å²) in [5.74, 6) is 0. The smallest absolute Gasteiger partial charge is 0.0233 e. The average Bonchev–Trinajstić information content (AvgIpc) is 2.20. The first-order chi connectivity index (χ1) is 7.55. The molecule has 1 heteroatoms. The number of nitrogens with zero attached hydrogens (tertiary/aromatic N) is 1. The van der Waals surface area contributed by atoms with Crippen molar-refractivity contribution >= 4 is 0 Å². The van der Waals surface area contributed by atoms with Gasteiger partial charge in [0.15, 0.2) is 0 Å². The minimum Gasteiger partial charge on any atom is -0.299 e. The molecule has 0 unspecified atom stereocenters. The minimum absolute atomic E-state index is 0.503. The van der Waals surface area contributed by atoms with Crippen LogP contribution in [0.5, 0.6) is 0 Å². The molecule has 0 atom stereocenters. The maximum absolute atomic E-state index is 2.59. The van der Waals surface area contributed by atoms with Crippen LogP contribution in [-0.4, -0.2) is 18.0 Å². The Balaban J connectivity index is 1.97. The normalized spacial score (nSPS) is 20.9. The predicted molar refractivity (Wildman–Crippen MR) is 69.5 cm³/mol. The lowest BCUT2D eigenvalue weighted by molar-refractivity contribution is 0.111. The molecule has 0 aliphatic carbocycles. The highest BCUT2D eigenvalue weighted by Gasteiger charge is 2.25. The van der Waals surface area contributed by atoms with Crippen LogP contribution in [0.25, 0.3) is 0 Å². The molecule has 0 aromatic heterocycles. The molecular weight excluding hydrogens is 194 g/mol. The molecule has 0 spiro atoms. The molecule has 0 amide bonds. The van der Waals surface area contributed by atoms with Crippen LogP contribution in [0.1, 0.15) is 37.8 Å². The van der Waals surface area contributed by atoms with Gasteiger partial charge in [0.1, 0.15) is 0 Å². The van der Waals surface area contributed by atoms with E-state index in [0.717, 1.165) is 6.54 Å². The summed E-state index contributed by atoms with van der Waals surface area (Å²) >= 11 is 0. The van der Waals surface area contributed by atoms with Crippen molar-refractivity contribution < 1.29 is 0 Å². The quantitative estimate of drug-likeness (QED) is 0.731. The van der Waals surface area contributed by atoms with Crippen molar-refractivity contribution in [2.45, 2.75) is 40.2 Å². The maximum atomic E-state index is 2.59. The molecule has 1 fully saturated rings. The van der Waals surface area contributed by atoms with Crippen LogP contribution in [0.15, 0.2) is 24.3 Å². The van der Waals surface area contributed by atoms with Gasteiger partial charge in [-0.15, -0.1) is 0 Å². The number of benzene rings is 1. The number of hydrogen-bond acceptors (Lipinski definition) is 1. The second kappa shape index (κ2) is 4.58. The van der Waals surface area contributed by atoms with E-state index in [1.54, 1.807) is 0 Å². The van der Waals surface area contributed by atoms with E-state index in [4.69, 9.17) is 0 Å². The van der Waals surface area contributed by atoms with E-state index >= 15 is 0 Å². The lowest BCUT2D eigenvalue weighted by atomic mass is 9.84. The van der Waals surface area contributed by atoms with Crippen LogP contribution in [0.3, 0.4) is 0 Å². The van der Waals surface area contributed by atoms with Crippen LogP contribution in [-0.2, 0) is 6.54 Å². The second-order valence-corrected chi connectivity index (χ2v) is 5.96. The summed E-state index contributed by atoms with van der Waals surface area (Å²) in [5.41, 5.74) is 3.30. The molecule has 1 heterocycles. The van der Waals surface area contributed by atoms with Crippen molar-refractivity contribution in [1.29, 1.82) is 0 Å². The Hall–Kier alpha value is -0.820. The molecule has 16 heavy (non-hydrogen) atoms. The predicted octanol–water partition coefficient (Wildman–Crippen LogP) is 3.62.